The molecule has 6 heteroatoms. The molecule has 1 heterocycles. The van der Waals surface area contributed by atoms with Crippen molar-refractivity contribution in [3.05, 3.63) is 51.2 Å². The molecule has 0 saturated heterocycles. The van der Waals surface area contributed by atoms with Crippen LogP contribution in [0.3, 0.4) is 0 Å². The molecule has 0 saturated carbocycles. The standard InChI is InChI=1S/C16H17NO4S/c1-10-8-13(21-2)14(22-10)15(18)17-7-6-11-4-3-5-12(9-11)16(19)20/h3-5,8-9H,6-7H2,1-2H3,(H,17,18)(H,19,20). The average Bonchev–Trinajstić information content (AvgIpc) is 2.88. The van der Waals surface area contributed by atoms with E-state index >= 15 is 0 Å². The predicted octanol–water partition coefficient (Wildman–Crippen LogP) is 2.74. The summed E-state index contributed by atoms with van der Waals surface area (Å²) in [5.41, 5.74) is 1.12. The fourth-order valence-electron chi connectivity index (χ4n) is 2.06. The number of carboxylic acid groups (broad SMARTS) is 1. The highest BCUT2D eigenvalue weighted by Gasteiger charge is 2.15. The van der Waals surface area contributed by atoms with Gasteiger partial charge in [0.05, 0.1) is 12.7 Å². The Labute approximate surface area is 132 Å². The number of benzene rings is 1. The monoisotopic (exact) mass is 319 g/mol. The molecule has 0 spiro atoms. The zero-order valence-corrected chi connectivity index (χ0v) is 13.2. The lowest BCUT2D eigenvalue weighted by Crippen LogP contribution is -2.25. The van der Waals surface area contributed by atoms with Crippen LogP contribution in [0.5, 0.6) is 5.75 Å². The van der Waals surface area contributed by atoms with Gasteiger partial charge in [0.25, 0.3) is 5.91 Å². The minimum atomic E-state index is -0.954. The topological polar surface area (TPSA) is 75.6 Å². The van der Waals surface area contributed by atoms with Crippen molar-refractivity contribution in [2.75, 3.05) is 13.7 Å². The maximum Gasteiger partial charge on any atom is 0.335 e. The van der Waals surface area contributed by atoms with E-state index in [1.807, 2.05) is 19.1 Å². The molecule has 0 fully saturated rings. The van der Waals surface area contributed by atoms with Crippen LogP contribution in [0.15, 0.2) is 30.3 Å². The van der Waals surface area contributed by atoms with Crippen LogP contribution in [0.25, 0.3) is 0 Å². The number of nitrogens with one attached hydrogen (secondary N) is 1. The van der Waals surface area contributed by atoms with E-state index in [4.69, 9.17) is 9.84 Å². The molecule has 1 aromatic heterocycles. The quantitative estimate of drug-likeness (QED) is 0.858. The number of carboxylic acids is 1. The zero-order valence-electron chi connectivity index (χ0n) is 12.4. The highest BCUT2D eigenvalue weighted by molar-refractivity contribution is 7.14. The summed E-state index contributed by atoms with van der Waals surface area (Å²) in [5.74, 6) is -0.554. The molecular formula is C16H17NO4S. The number of aryl methyl sites for hydroxylation is 1. The molecule has 1 amide bonds. The number of thiophene rings is 1. The van der Waals surface area contributed by atoms with Gasteiger partial charge < -0.3 is 15.2 Å². The smallest absolute Gasteiger partial charge is 0.335 e. The van der Waals surface area contributed by atoms with Crippen molar-refractivity contribution in [3.8, 4) is 5.75 Å². The van der Waals surface area contributed by atoms with E-state index in [-0.39, 0.29) is 11.5 Å². The summed E-state index contributed by atoms with van der Waals surface area (Å²) in [6, 6.07) is 8.53. The predicted molar refractivity (Wildman–Crippen MR) is 85.0 cm³/mol. The maximum absolute atomic E-state index is 12.1. The molecule has 0 radical (unpaired) electrons. The van der Waals surface area contributed by atoms with Crippen molar-refractivity contribution in [1.29, 1.82) is 0 Å². The van der Waals surface area contributed by atoms with Crippen molar-refractivity contribution >= 4 is 23.2 Å². The molecule has 0 bridgehead atoms. The third kappa shape index (κ3) is 3.85. The van der Waals surface area contributed by atoms with Crippen LogP contribution in [0.1, 0.15) is 30.5 Å². The van der Waals surface area contributed by atoms with Crippen LogP contribution in [0, 0.1) is 6.92 Å². The molecule has 2 aromatic rings. The zero-order chi connectivity index (χ0) is 16.1. The van der Waals surface area contributed by atoms with Crippen LogP contribution in [-0.4, -0.2) is 30.6 Å². The molecule has 22 heavy (non-hydrogen) atoms. The summed E-state index contributed by atoms with van der Waals surface area (Å²) in [7, 11) is 1.54. The number of hydrogen-bond acceptors (Lipinski definition) is 4. The molecule has 0 aliphatic rings. The lowest BCUT2D eigenvalue weighted by Gasteiger charge is -2.06. The first-order valence-corrected chi connectivity index (χ1v) is 7.57. The second-order valence-corrected chi connectivity index (χ2v) is 6.02. The van der Waals surface area contributed by atoms with Crippen molar-refractivity contribution < 1.29 is 19.4 Å². The minimum Gasteiger partial charge on any atom is -0.495 e. The molecule has 0 aliphatic carbocycles. The Hall–Kier alpha value is -2.34. The number of carbonyl (C=O) groups excluding carboxylic acids is 1. The average molecular weight is 319 g/mol. The highest BCUT2D eigenvalue weighted by Crippen LogP contribution is 2.28. The number of amides is 1. The third-order valence-electron chi connectivity index (χ3n) is 3.12. The van der Waals surface area contributed by atoms with Crippen molar-refractivity contribution in [2.24, 2.45) is 0 Å². The van der Waals surface area contributed by atoms with E-state index in [9.17, 15) is 9.59 Å². The van der Waals surface area contributed by atoms with Gasteiger partial charge >= 0.3 is 5.97 Å². The Morgan fingerprint density at radius 3 is 2.77 bits per heavy atom. The van der Waals surface area contributed by atoms with Gasteiger partial charge in [-0.3, -0.25) is 4.79 Å². The van der Waals surface area contributed by atoms with Gasteiger partial charge in [-0.05, 0) is 37.1 Å². The number of hydrogen-bond donors (Lipinski definition) is 2. The van der Waals surface area contributed by atoms with Gasteiger partial charge in [-0.25, -0.2) is 4.79 Å². The number of carbonyl (C=O) groups is 2. The minimum absolute atomic E-state index is 0.177. The Balaban J connectivity index is 1.94. The molecule has 2 rings (SSSR count). The molecule has 0 unspecified atom stereocenters. The summed E-state index contributed by atoms with van der Waals surface area (Å²) in [6.45, 7) is 2.35. The third-order valence-corrected chi connectivity index (χ3v) is 4.15. The van der Waals surface area contributed by atoms with Crippen molar-refractivity contribution in [1.82, 2.24) is 5.32 Å². The lowest BCUT2D eigenvalue weighted by molar-refractivity contribution is 0.0696. The van der Waals surface area contributed by atoms with E-state index in [2.05, 4.69) is 5.32 Å². The van der Waals surface area contributed by atoms with E-state index in [1.54, 1.807) is 18.2 Å². The number of rotatable bonds is 6. The molecule has 5 nitrogen and oxygen atoms in total. The second kappa shape index (κ2) is 7.09. The first-order valence-electron chi connectivity index (χ1n) is 6.76. The van der Waals surface area contributed by atoms with Gasteiger partial charge in [0.1, 0.15) is 10.6 Å². The Morgan fingerprint density at radius 2 is 2.09 bits per heavy atom. The summed E-state index contributed by atoms with van der Waals surface area (Å²) >= 11 is 1.38. The Bertz CT molecular complexity index is 693. The molecule has 0 atom stereocenters. The van der Waals surface area contributed by atoms with E-state index in [0.717, 1.165) is 10.4 Å². The first kappa shape index (κ1) is 16.0. The summed E-state index contributed by atoms with van der Waals surface area (Å²) in [5, 5.41) is 11.8. The molecule has 116 valence electrons. The van der Waals surface area contributed by atoms with Gasteiger partial charge in [-0.1, -0.05) is 12.1 Å². The molecular weight excluding hydrogens is 302 g/mol. The van der Waals surface area contributed by atoms with Crippen molar-refractivity contribution in [2.45, 2.75) is 13.3 Å². The van der Waals surface area contributed by atoms with Gasteiger partial charge in [0.15, 0.2) is 0 Å². The fraction of sp³-hybridized carbons (Fsp3) is 0.250. The fourth-order valence-corrected chi connectivity index (χ4v) is 2.96. The van der Waals surface area contributed by atoms with Crippen LogP contribution >= 0.6 is 11.3 Å². The van der Waals surface area contributed by atoms with E-state index < -0.39 is 5.97 Å². The number of methoxy groups -OCH3 is 1. The normalized spacial score (nSPS) is 10.3. The first-order chi connectivity index (χ1) is 10.5. The highest BCUT2D eigenvalue weighted by atomic mass is 32.1. The number of aromatic carboxylic acids is 1. The largest absolute Gasteiger partial charge is 0.495 e. The van der Waals surface area contributed by atoms with Crippen LogP contribution in [0.4, 0.5) is 0 Å². The Morgan fingerprint density at radius 1 is 1.32 bits per heavy atom. The Kier molecular flexibility index (Phi) is 5.16. The molecule has 0 aliphatic heterocycles. The number of ether oxygens (including phenoxy) is 1. The van der Waals surface area contributed by atoms with Gasteiger partial charge in [-0.15, -0.1) is 11.3 Å². The van der Waals surface area contributed by atoms with Gasteiger partial charge in [0.2, 0.25) is 0 Å². The maximum atomic E-state index is 12.1. The van der Waals surface area contributed by atoms with Crippen LogP contribution in [0.2, 0.25) is 0 Å². The SMILES string of the molecule is COc1cc(C)sc1C(=O)NCCc1cccc(C(=O)O)c1. The molecule has 1 aromatic carbocycles. The van der Waals surface area contributed by atoms with Gasteiger partial charge in [-0.2, -0.15) is 0 Å². The van der Waals surface area contributed by atoms with E-state index in [1.165, 1.54) is 18.4 Å². The summed E-state index contributed by atoms with van der Waals surface area (Å²) < 4.78 is 5.18. The van der Waals surface area contributed by atoms with E-state index in [0.29, 0.717) is 23.6 Å². The lowest BCUT2D eigenvalue weighted by atomic mass is 10.1. The summed E-state index contributed by atoms with van der Waals surface area (Å²) in [4.78, 5) is 24.6. The second-order valence-electron chi connectivity index (χ2n) is 4.77. The summed E-state index contributed by atoms with van der Waals surface area (Å²) in [6.07, 6.45) is 0.569. The van der Waals surface area contributed by atoms with Crippen LogP contribution < -0.4 is 10.1 Å². The van der Waals surface area contributed by atoms with Crippen molar-refractivity contribution in [3.63, 3.8) is 0 Å². The van der Waals surface area contributed by atoms with Crippen LogP contribution in [-0.2, 0) is 6.42 Å². The molecule has 2 N–H and O–H groups in total. The van der Waals surface area contributed by atoms with Gasteiger partial charge in [0, 0.05) is 11.4 Å².